The summed E-state index contributed by atoms with van der Waals surface area (Å²) >= 11 is 6.68. The zero-order valence-electron chi connectivity index (χ0n) is 20.6. The van der Waals surface area contributed by atoms with Crippen molar-refractivity contribution in [3.63, 3.8) is 0 Å². The minimum Gasteiger partial charge on any atom is -0.469 e. The van der Waals surface area contributed by atoms with Crippen LogP contribution in [0.4, 0.5) is 0 Å². The maximum absolute atomic E-state index is 14.5. The normalized spacial score (nSPS) is 29.5. The molecular formula is C25H30N2O7S2. The lowest BCUT2D eigenvalue weighted by Gasteiger charge is -2.43. The van der Waals surface area contributed by atoms with Gasteiger partial charge in [-0.15, -0.1) is 0 Å². The summed E-state index contributed by atoms with van der Waals surface area (Å²) in [6.45, 7) is 4.06. The molecule has 4 rings (SSSR count). The number of benzene rings is 1. The van der Waals surface area contributed by atoms with Crippen LogP contribution in [0.2, 0.25) is 0 Å². The standard InChI is InChI=1S/C25H30N2O7S2/c1-4-33-18(28)14-24(22(31)34-5-2)25(19(20(29)32-3)17-12-9-13-27(17)24)21(30)26(23(35)36-25)15-16-10-7-6-8-11-16/h6-8,10-11,17,19H,4-5,9,12-15H2,1-3H3. The van der Waals surface area contributed by atoms with Gasteiger partial charge in [-0.1, -0.05) is 54.3 Å². The third kappa shape index (κ3) is 3.92. The number of hydrogen-bond donors (Lipinski definition) is 0. The van der Waals surface area contributed by atoms with Gasteiger partial charge in [0.2, 0.25) is 5.91 Å². The van der Waals surface area contributed by atoms with E-state index in [2.05, 4.69) is 0 Å². The van der Waals surface area contributed by atoms with E-state index in [0.29, 0.717) is 19.4 Å². The molecule has 194 valence electrons. The molecule has 0 bridgehead atoms. The first kappa shape index (κ1) is 26.6. The Kier molecular flexibility index (Phi) is 7.72. The second-order valence-corrected chi connectivity index (χ2v) is 10.8. The molecule has 36 heavy (non-hydrogen) atoms. The third-order valence-electron chi connectivity index (χ3n) is 7.22. The van der Waals surface area contributed by atoms with Gasteiger partial charge in [0.15, 0.2) is 5.54 Å². The maximum atomic E-state index is 14.5. The van der Waals surface area contributed by atoms with Gasteiger partial charge in [-0.25, -0.2) is 4.79 Å². The quantitative estimate of drug-likeness (QED) is 0.280. The Hall–Kier alpha value is -2.50. The van der Waals surface area contributed by atoms with Gasteiger partial charge in [-0.3, -0.25) is 24.2 Å². The number of ether oxygens (including phenoxy) is 3. The number of carbonyl (C=O) groups excluding carboxylic acids is 4. The summed E-state index contributed by atoms with van der Waals surface area (Å²) in [6, 6.07) is 8.82. The topological polar surface area (TPSA) is 102 Å². The number of carbonyl (C=O) groups is 4. The molecule has 0 aliphatic carbocycles. The number of thioether (sulfide) groups is 1. The highest BCUT2D eigenvalue weighted by atomic mass is 32.2. The molecule has 4 unspecified atom stereocenters. The number of amides is 1. The van der Waals surface area contributed by atoms with Crippen LogP contribution in [-0.4, -0.2) is 81.1 Å². The Morgan fingerprint density at radius 1 is 1.14 bits per heavy atom. The van der Waals surface area contributed by atoms with Crippen LogP contribution in [0, 0.1) is 5.92 Å². The van der Waals surface area contributed by atoms with Crippen molar-refractivity contribution in [3.05, 3.63) is 35.9 Å². The van der Waals surface area contributed by atoms with E-state index in [9.17, 15) is 19.2 Å². The minimum absolute atomic E-state index is 0.0396. The molecule has 1 amide bonds. The lowest BCUT2D eigenvalue weighted by Crippen LogP contribution is -2.68. The van der Waals surface area contributed by atoms with E-state index in [1.54, 1.807) is 13.8 Å². The van der Waals surface area contributed by atoms with Crippen molar-refractivity contribution < 1.29 is 33.4 Å². The maximum Gasteiger partial charge on any atom is 0.329 e. The van der Waals surface area contributed by atoms with Crippen LogP contribution in [0.5, 0.6) is 0 Å². The fourth-order valence-corrected chi connectivity index (χ4v) is 8.02. The summed E-state index contributed by atoms with van der Waals surface area (Å²) in [5.41, 5.74) is -0.946. The van der Waals surface area contributed by atoms with Gasteiger partial charge in [0.1, 0.15) is 9.07 Å². The van der Waals surface area contributed by atoms with Crippen LogP contribution >= 0.6 is 24.0 Å². The number of hydrogen-bond acceptors (Lipinski definition) is 10. The molecule has 1 aromatic rings. The monoisotopic (exact) mass is 534 g/mol. The average molecular weight is 535 g/mol. The van der Waals surface area contributed by atoms with E-state index in [4.69, 9.17) is 26.4 Å². The molecule has 3 aliphatic heterocycles. The van der Waals surface area contributed by atoms with Crippen molar-refractivity contribution >= 4 is 52.1 Å². The second kappa shape index (κ2) is 10.5. The van der Waals surface area contributed by atoms with Crippen molar-refractivity contribution in [1.82, 2.24) is 9.80 Å². The molecule has 0 radical (unpaired) electrons. The van der Waals surface area contributed by atoms with Gasteiger partial charge >= 0.3 is 17.9 Å². The molecule has 3 saturated heterocycles. The van der Waals surface area contributed by atoms with Gasteiger partial charge in [0, 0.05) is 6.04 Å². The number of nitrogens with zero attached hydrogens (tertiary/aromatic N) is 2. The van der Waals surface area contributed by atoms with Crippen molar-refractivity contribution in [2.45, 2.75) is 56.0 Å². The zero-order chi connectivity index (χ0) is 26.1. The highest BCUT2D eigenvalue weighted by Gasteiger charge is 2.81. The number of rotatable bonds is 8. The van der Waals surface area contributed by atoms with Crippen molar-refractivity contribution in [1.29, 1.82) is 0 Å². The molecule has 0 aromatic heterocycles. The van der Waals surface area contributed by atoms with Crippen molar-refractivity contribution in [2.75, 3.05) is 26.9 Å². The van der Waals surface area contributed by atoms with Crippen LogP contribution in [0.25, 0.3) is 0 Å². The first-order chi connectivity index (χ1) is 17.3. The molecule has 9 nitrogen and oxygen atoms in total. The van der Waals surface area contributed by atoms with Crippen molar-refractivity contribution in [3.8, 4) is 0 Å². The number of methoxy groups -OCH3 is 1. The molecule has 1 aromatic carbocycles. The third-order valence-corrected chi connectivity index (χ3v) is 9.17. The average Bonchev–Trinajstić information content (AvgIpc) is 3.49. The van der Waals surface area contributed by atoms with E-state index < -0.39 is 52.5 Å². The van der Waals surface area contributed by atoms with E-state index in [1.807, 2.05) is 35.2 Å². The molecule has 3 aliphatic rings. The lowest BCUT2D eigenvalue weighted by atomic mass is 9.73. The first-order valence-electron chi connectivity index (χ1n) is 12.0. The predicted octanol–water partition coefficient (Wildman–Crippen LogP) is 2.31. The molecule has 1 spiro atoms. The Balaban J connectivity index is 1.92. The van der Waals surface area contributed by atoms with Gasteiger partial charge in [0.25, 0.3) is 0 Å². The van der Waals surface area contributed by atoms with Gasteiger partial charge < -0.3 is 14.2 Å². The van der Waals surface area contributed by atoms with Crippen LogP contribution in [0.15, 0.2) is 30.3 Å². The largest absolute Gasteiger partial charge is 0.469 e. The van der Waals surface area contributed by atoms with Crippen LogP contribution in [-0.2, 0) is 39.9 Å². The Bertz CT molecular complexity index is 1070. The smallest absolute Gasteiger partial charge is 0.329 e. The summed E-state index contributed by atoms with van der Waals surface area (Å²) in [5.74, 6) is -3.53. The fraction of sp³-hybridized carbons (Fsp3) is 0.560. The van der Waals surface area contributed by atoms with Gasteiger partial charge in [0.05, 0.1) is 39.2 Å². The van der Waals surface area contributed by atoms with E-state index in [1.165, 1.54) is 12.0 Å². The zero-order valence-corrected chi connectivity index (χ0v) is 22.2. The summed E-state index contributed by atoms with van der Waals surface area (Å²) < 4.78 is 14.5. The summed E-state index contributed by atoms with van der Waals surface area (Å²) in [6.07, 6.45) is 0.810. The molecule has 3 fully saturated rings. The lowest BCUT2D eigenvalue weighted by molar-refractivity contribution is -0.167. The van der Waals surface area contributed by atoms with Crippen molar-refractivity contribution in [2.24, 2.45) is 5.92 Å². The minimum atomic E-state index is -1.79. The number of thiocarbonyl (C=S) groups is 1. The highest BCUT2D eigenvalue weighted by molar-refractivity contribution is 8.25. The Morgan fingerprint density at radius 3 is 2.47 bits per heavy atom. The summed E-state index contributed by atoms with van der Waals surface area (Å²) in [4.78, 5) is 58.0. The fourth-order valence-electron chi connectivity index (χ4n) is 5.93. The van der Waals surface area contributed by atoms with Crippen LogP contribution < -0.4 is 0 Å². The van der Waals surface area contributed by atoms with Crippen LogP contribution in [0.1, 0.15) is 38.7 Å². The molecule has 3 heterocycles. The second-order valence-electron chi connectivity index (χ2n) is 8.95. The SMILES string of the molecule is CCOC(=O)CC1(C(=O)OCC)N2CCCC2C(C(=O)OC)C12SC(=S)N(Cc1ccccc1)C2=O. The predicted molar refractivity (Wildman–Crippen MR) is 136 cm³/mol. The summed E-state index contributed by atoms with van der Waals surface area (Å²) in [5, 5.41) is 0. The van der Waals surface area contributed by atoms with E-state index in [-0.39, 0.29) is 24.1 Å². The van der Waals surface area contributed by atoms with Crippen LogP contribution in [0.3, 0.4) is 0 Å². The Morgan fingerprint density at radius 2 is 1.83 bits per heavy atom. The number of esters is 3. The first-order valence-corrected chi connectivity index (χ1v) is 13.3. The molecule has 4 atom stereocenters. The van der Waals surface area contributed by atoms with Gasteiger partial charge in [-0.05, 0) is 38.8 Å². The highest BCUT2D eigenvalue weighted by Crippen LogP contribution is 2.63. The summed E-state index contributed by atoms with van der Waals surface area (Å²) in [7, 11) is 1.26. The number of fused-ring (bicyclic) bond motifs is 1. The molecule has 0 N–H and O–H groups in total. The molecule has 11 heteroatoms. The van der Waals surface area contributed by atoms with E-state index >= 15 is 0 Å². The molecule has 0 saturated carbocycles. The Labute approximate surface area is 219 Å². The van der Waals surface area contributed by atoms with Gasteiger partial charge in [-0.2, -0.15) is 0 Å². The molecular weight excluding hydrogens is 504 g/mol. The van der Waals surface area contributed by atoms with E-state index in [0.717, 1.165) is 17.3 Å².